The minimum absolute atomic E-state index is 0.0126. The predicted octanol–water partition coefficient (Wildman–Crippen LogP) is 5.59. The molecule has 2 aromatic rings. The van der Waals surface area contributed by atoms with E-state index in [4.69, 9.17) is 40.1 Å². The molecule has 2 N–H and O–H groups in total. The molecule has 0 aliphatic heterocycles. The van der Waals surface area contributed by atoms with Gasteiger partial charge in [-0.1, -0.05) is 50.7 Å². The highest BCUT2D eigenvalue weighted by Gasteiger charge is 2.16. The van der Waals surface area contributed by atoms with Crippen LogP contribution in [-0.4, -0.2) is 16.3 Å². The Balaban J connectivity index is 2.31. The second kappa shape index (κ2) is 7.69. The minimum atomic E-state index is -0.0901. The molecule has 0 atom stereocenters. The van der Waals surface area contributed by atoms with Gasteiger partial charge in [-0.25, -0.2) is 4.98 Å². The first kappa shape index (κ1) is 18.3. The van der Waals surface area contributed by atoms with E-state index in [1.165, 1.54) is 6.21 Å². The summed E-state index contributed by atoms with van der Waals surface area (Å²) in [4.78, 5) is 3.91. The molecule has 0 saturated carbocycles. The molecule has 0 spiro atoms. The van der Waals surface area contributed by atoms with Gasteiger partial charge in [0, 0.05) is 10.0 Å². The molecule has 1 heterocycles. The van der Waals surface area contributed by atoms with Gasteiger partial charge in [-0.15, -0.1) is 0 Å². The van der Waals surface area contributed by atoms with Crippen LogP contribution >= 0.6 is 66.7 Å². The van der Waals surface area contributed by atoms with Crippen molar-refractivity contribution in [3.63, 3.8) is 0 Å². The highest BCUT2D eigenvalue weighted by atomic mass is 79.9. The quantitative estimate of drug-likeness (QED) is 0.328. The molecule has 0 bridgehead atoms. The van der Waals surface area contributed by atoms with E-state index in [9.17, 15) is 5.11 Å². The first-order chi connectivity index (χ1) is 10.8. The number of nitrogens with one attached hydrogen (secondary N) is 1. The van der Waals surface area contributed by atoms with E-state index >= 15 is 0 Å². The maximum absolute atomic E-state index is 9.92. The van der Waals surface area contributed by atoms with Gasteiger partial charge < -0.3 is 5.11 Å². The highest BCUT2D eigenvalue weighted by Crippen LogP contribution is 2.35. The Morgan fingerprint density at radius 2 is 1.96 bits per heavy atom. The molecule has 1 aromatic heterocycles. The Morgan fingerprint density at radius 1 is 1.26 bits per heavy atom. The van der Waals surface area contributed by atoms with Crippen LogP contribution in [0.5, 0.6) is 5.75 Å². The summed E-state index contributed by atoms with van der Waals surface area (Å²) in [6.45, 7) is 0. The van der Waals surface area contributed by atoms with Crippen LogP contribution in [0, 0.1) is 11.3 Å². The van der Waals surface area contributed by atoms with Crippen molar-refractivity contribution in [2.45, 2.75) is 0 Å². The van der Waals surface area contributed by atoms with Gasteiger partial charge in [0.2, 0.25) is 0 Å². The molecule has 0 radical (unpaired) electrons. The molecule has 0 aliphatic carbocycles. The first-order valence-electron chi connectivity index (χ1n) is 5.76. The number of phenolic OH excluding ortho intramolecular Hbond substituents is 1. The Labute approximate surface area is 163 Å². The maximum atomic E-state index is 9.92. The van der Waals surface area contributed by atoms with Crippen LogP contribution in [0.2, 0.25) is 15.2 Å². The van der Waals surface area contributed by atoms with Crippen LogP contribution in [0.25, 0.3) is 0 Å². The fraction of sp³-hybridized carbons (Fsp3) is 0. The number of nitriles is 1. The summed E-state index contributed by atoms with van der Waals surface area (Å²) in [5.41, 5.74) is 3.00. The molecule has 1 aromatic carbocycles. The van der Waals surface area contributed by atoms with Crippen LogP contribution in [-0.2, 0) is 0 Å². The lowest BCUT2D eigenvalue weighted by atomic mass is 10.2. The third kappa shape index (κ3) is 4.08. The largest absolute Gasteiger partial charge is 0.506 e. The van der Waals surface area contributed by atoms with Gasteiger partial charge in [-0.3, -0.25) is 5.43 Å². The SMILES string of the molecule is N#Cc1c(Cl)nc(NN=Cc2cc(Br)cc(Br)c2O)c(Cl)c1Cl. The Bertz CT molecular complexity index is 852. The number of pyridine rings is 1. The topological polar surface area (TPSA) is 81.3 Å². The molecule has 10 heteroatoms. The summed E-state index contributed by atoms with van der Waals surface area (Å²) in [6.07, 6.45) is 1.36. The number of anilines is 1. The Kier molecular flexibility index (Phi) is 6.12. The molecule has 2 rings (SSSR count). The summed E-state index contributed by atoms with van der Waals surface area (Å²) in [7, 11) is 0. The number of hydrogen-bond acceptors (Lipinski definition) is 5. The average molecular weight is 499 g/mol. The number of halogens is 5. The van der Waals surface area contributed by atoms with Gasteiger partial charge in [0.05, 0.1) is 15.7 Å². The summed E-state index contributed by atoms with van der Waals surface area (Å²) in [5, 5.41) is 22.7. The van der Waals surface area contributed by atoms with Crippen molar-refractivity contribution in [1.82, 2.24) is 4.98 Å². The zero-order chi connectivity index (χ0) is 17.1. The van der Waals surface area contributed by atoms with Gasteiger partial charge in [0.15, 0.2) is 11.0 Å². The van der Waals surface area contributed by atoms with E-state index in [0.29, 0.717) is 10.0 Å². The summed E-state index contributed by atoms with van der Waals surface area (Å²) >= 11 is 24.3. The average Bonchev–Trinajstić information content (AvgIpc) is 2.49. The Hall–Kier alpha value is -1.04. The lowest BCUT2D eigenvalue weighted by Crippen LogP contribution is -1.98. The van der Waals surface area contributed by atoms with Gasteiger partial charge in [-0.2, -0.15) is 10.4 Å². The fourth-order valence-corrected chi connectivity index (χ4v) is 3.45. The number of benzene rings is 1. The number of aromatic nitrogens is 1. The number of hydrazone groups is 1. The highest BCUT2D eigenvalue weighted by molar-refractivity contribution is 9.11. The second-order valence-corrected chi connectivity index (χ2v) is 6.95. The second-order valence-electron chi connectivity index (χ2n) is 4.06. The molecule has 0 amide bonds. The normalized spacial score (nSPS) is 10.8. The summed E-state index contributed by atoms with van der Waals surface area (Å²) in [6, 6.07) is 5.17. The molecular weight excluding hydrogens is 494 g/mol. The molecule has 0 unspecified atom stereocenters. The smallest absolute Gasteiger partial charge is 0.168 e. The number of phenols is 1. The van der Waals surface area contributed by atoms with E-state index in [1.807, 2.05) is 6.07 Å². The van der Waals surface area contributed by atoms with Crippen molar-refractivity contribution in [3.8, 4) is 11.8 Å². The van der Waals surface area contributed by atoms with Gasteiger partial charge in [0.25, 0.3) is 0 Å². The van der Waals surface area contributed by atoms with Crippen LogP contribution in [0.15, 0.2) is 26.2 Å². The molecule has 5 nitrogen and oxygen atoms in total. The molecule has 23 heavy (non-hydrogen) atoms. The first-order valence-corrected chi connectivity index (χ1v) is 8.48. The van der Waals surface area contributed by atoms with Crippen LogP contribution < -0.4 is 5.43 Å². The monoisotopic (exact) mass is 496 g/mol. The minimum Gasteiger partial charge on any atom is -0.506 e. The third-order valence-corrected chi connectivity index (χ3v) is 4.76. The molecule has 0 saturated heterocycles. The van der Waals surface area contributed by atoms with Crippen molar-refractivity contribution >= 4 is 78.7 Å². The van der Waals surface area contributed by atoms with E-state index in [-0.39, 0.29) is 32.3 Å². The van der Waals surface area contributed by atoms with E-state index < -0.39 is 0 Å². The van der Waals surface area contributed by atoms with E-state index in [1.54, 1.807) is 12.1 Å². The van der Waals surface area contributed by atoms with Crippen LogP contribution in [0.3, 0.4) is 0 Å². The zero-order valence-electron chi connectivity index (χ0n) is 10.9. The lowest BCUT2D eigenvalue weighted by molar-refractivity contribution is 0.471. The zero-order valence-corrected chi connectivity index (χ0v) is 16.4. The van der Waals surface area contributed by atoms with Crippen molar-refractivity contribution < 1.29 is 5.11 Å². The van der Waals surface area contributed by atoms with Crippen molar-refractivity contribution in [1.29, 1.82) is 5.26 Å². The summed E-state index contributed by atoms with van der Waals surface area (Å²) < 4.78 is 1.26. The predicted molar refractivity (Wildman–Crippen MR) is 98.7 cm³/mol. The van der Waals surface area contributed by atoms with E-state index in [0.717, 1.165) is 4.47 Å². The lowest BCUT2D eigenvalue weighted by Gasteiger charge is -2.07. The molecular formula is C13H5Br2Cl3N4O. The number of aromatic hydroxyl groups is 1. The number of rotatable bonds is 3. The van der Waals surface area contributed by atoms with Crippen molar-refractivity contribution in [3.05, 3.63) is 47.4 Å². The molecule has 0 aliphatic rings. The maximum Gasteiger partial charge on any atom is 0.168 e. The molecule has 118 valence electrons. The van der Waals surface area contributed by atoms with Gasteiger partial charge in [0.1, 0.15) is 22.4 Å². The van der Waals surface area contributed by atoms with Gasteiger partial charge >= 0.3 is 0 Å². The fourth-order valence-electron chi connectivity index (χ4n) is 1.52. The Morgan fingerprint density at radius 3 is 2.61 bits per heavy atom. The number of nitrogens with zero attached hydrogens (tertiary/aromatic N) is 3. The molecule has 0 fully saturated rings. The number of hydrogen-bond donors (Lipinski definition) is 2. The van der Waals surface area contributed by atoms with Crippen molar-refractivity contribution in [2.75, 3.05) is 5.43 Å². The standard InChI is InChI=1S/C13H5Br2Cl3N4O/c14-6-1-5(11(23)8(15)2-6)4-20-22-13-10(17)9(16)7(3-19)12(18)21-13/h1-2,4,23H,(H,21,22). The van der Waals surface area contributed by atoms with Crippen molar-refractivity contribution in [2.24, 2.45) is 5.10 Å². The van der Waals surface area contributed by atoms with Gasteiger partial charge in [-0.05, 0) is 28.1 Å². The van der Waals surface area contributed by atoms with E-state index in [2.05, 4.69) is 47.4 Å². The third-order valence-electron chi connectivity index (χ3n) is 2.58. The summed E-state index contributed by atoms with van der Waals surface area (Å²) in [5.74, 6) is 0.110. The van der Waals surface area contributed by atoms with Crippen LogP contribution in [0.4, 0.5) is 5.82 Å². The van der Waals surface area contributed by atoms with Crippen LogP contribution in [0.1, 0.15) is 11.1 Å².